The van der Waals surface area contributed by atoms with Gasteiger partial charge < -0.3 is 5.73 Å². The summed E-state index contributed by atoms with van der Waals surface area (Å²) >= 11 is 12.3. The lowest BCUT2D eigenvalue weighted by molar-refractivity contribution is 0.170. The van der Waals surface area contributed by atoms with Gasteiger partial charge >= 0.3 is 0 Å². The Morgan fingerprint density at radius 1 is 0.808 bits per heavy atom. The van der Waals surface area contributed by atoms with Crippen LogP contribution >= 0.6 is 23.2 Å². The van der Waals surface area contributed by atoms with E-state index in [9.17, 15) is 0 Å². The van der Waals surface area contributed by atoms with Crippen LogP contribution in [0.1, 0.15) is 36.8 Å². The molecule has 26 heavy (non-hydrogen) atoms. The van der Waals surface area contributed by atoms with E-state index in [2.05, 4.69) is 41.3 Å². The molecule has 0 heterocycles. The number of nitrogens with zero attached hydrogens (tertiary/aromatic N) is 1. The molecule has 0 spiro atoms. The Kier molecular flexibility index (Phi) is 7.39. The van der Waals surface area contributed by atoms with Crippen molar-refractivity contribution in [2.24, 2.45) is 17.6 Å². The van der Waals surface area contributed by atoms with Gasteiger partial charge in [-0.3, -0.25) is 4.90 Å². The monoisotopic (exact) mass is 390 g/mol. The molecule has 0 atom stereocenters. The molecular weight excluding hydrogens is 363 g/mol. The number of halogens is 2. The first-order chi connectivity index (χ1) is 12.6. The van der Waals surface area contributed by atoms with Crippen LogP contribution in [-0.4, -0.2) is 18.0 Å². The molecule has 1 aliphatic carbocycles. The third kappa shape index (κ3) is 5.72. The molecule has 0 saturated heterocycles. The topological polar surface area (TPSA) is 29.3 Å². The average molecular weight is 391 g/mol. The third-order valence-corrected chi connectivity index (χ3v) is 6.19. The zero-order valence-electron chi connectivity index (χ0n) is 15.2. The quantitative estimate of drug-likeness (QED) is 0.650. The summed E-state index contributed by atoms with van der Waals surface area (Å²) in [7, 11) is 0. The summed E-state index contributed by atoms with van der Waals surface area (Å²) in [6.07, 6.45) is 5.11. The lowest BCUT2D eigenvalue weighted by Crippen LogP contribution is -2.32. The van der Waals surface area contributed by atoms with Crippen molar-refractivity contribution in [1.82, 2.24) is 4.90 Å². The predicted molar refractivity (Wildman–Crippen MR) is 112 cm³/mol. The number of rotatable bonds is 7. The molecule has 0 radical (unpaired) electrons. The minimum atomic E-state index is 0.616. The van der Waals surface area contributed by atoms with E-state index >= 15 is 0 Å². The molecule has 0 bridgehead atoms. The first kappa shape index (κ1) is 19.7. The van der Waals surface area contributed by atoms with Crippen molar-refractivity contribution in [2.75, 3.05) is 13.1 Å². The maximum atomic E-state index is 6.22. The smallest absolute Gasteiger partial charge is 0.0595 e. The van der Waals surface area contributed by atoms with Gasteiger partial charge in [-0.15, -0.1) is 0 Å². The Morgan fingerprint density at radius 3 is 2.12 bits per heavy atom. The highest BCUT2D eigenvalue weighted by molar-refractivity contribution is 6.42. The molecule has 4 heteroatoms. The van der Waals surface area contributed by atoms with E-state index in [1.807, 2.05) is 12.1 Å². The standard InChI is InChI=1S/C22H28Cl2N2/c23-21-11-10-20(12-22(21)24)16-26(14-18-4-2-1-3-5-18)15-19-8-6-17(13-25)7-9-19/h1-5,10-12,17,19H,6-9,13-16,25H2. The van der Waals surface area contributed by atoms with Crippen LogP contribution in [0, 0.1) is 11.8 Å². The van der Waals surface area contributed by atoms with Crippen LogP contribution in [0.5, 0.6) is 0 Å². The molecule has 1 aliphatic rings. The van der Waals surface area contributed by atoms with E-state index in [-0.39, 0.29) is 0 Å². The molecule has 0 aromatic heterocycles. The normalized spacial score (nSPS) is 20.5. The molecule has 2 nitrogen and oxygen atoms in total. The van der Waals surface area contributed by atoms with E-state index < -0.39 is 0 Å². The molecular formula is C22H28Cl2N2. The summed E-state index contributed by atoms with van der Waals surface area (Å²) in [6, 6.07) is 16.7. The van der Waals surface area contributed by atoms with Gasteiger partial charge in [0.25, 0.3) is 0 Å². The van der Waals surface area contributed by atoms with Crippen molar-refractivity contribution in [1.29, 1.82) is 0 Å². The van der Waals surface area contributed by atoms with Crippen LogP contribution in [0.25, 0.3) is 0 Å². The molecule has 0 amide bonds. The van der Waals surface area contributed by atoms with Crippen LogP contribution in [0.2, 0.25) is 10.0 Å². The number of nitrogens with two attached hydrogens (primary N) is 1. The molecule has 0 unspecified atom stereocenters. The van der Waals surface area contributed by atoms with Gasteiger partial charge in [0.15, 0.2) is 0 Å². The van der Waals surface area contributed by atoms with Gasteiger partial charge in [-0.25, -0.2) is 0 Å². The highest BCUT2D eigenvalue weighted by Crippen LogP contribution is 2.30. The lowest BCUT2D eigenvalue weighted by Gasteiger charge is -2.32. The molecule has 1 saturated carbocycles. The molecule has 2 aromatic rings. The molecule has 1 fully saturated rings. The predicted octanol–water partition coefficient (Wildman–Crippen LogP) is 5.76. The van der Waals surface area contributed by atoms with Gasteiger partial charge in [0.2, 0.25) is 0 Å². The SMILES string of the molecule is NCC1CCC(CN(Cc2ccccc2)Cc2ccc(Cl)c(Cl)c2)CC1. The average Bonchev–Trinajstić information content (AvgIpc) is 2.66. The second-order valence-corrected chi connectivity index (χ2v) is 8.34. The first-order valence-corrected chi connectivity index (χ1v) is 10.3. The summed E-state index contributed by atoms with van der Waals surface area (Å²) in [5.41, 5.74) is 8.41. The van der Waals surface area contributed by atoms with Gasteiger partial charge in [-0.05, 0) is 67.3 Å². The Balaban J connectivity index is 1.68. The molecule has 2 aromatic carbocycles. The van der Waals surface area contributed by atoms with Crippen molar-refractivity contribution in [3.05, 3.63) is 69.7 Å². The summed E-state index contributed by atoms with van der Waals surface area (Å²) in [5, 5.41) is 1.25. The second-order valence-electron chi connectivity index (χ2n) is 7.53. The third-order valence-electron chi connectivity index (χ3n) is 5.46. The summed E-state index contributed by atoms with van der Waals surface area (Å²) in [5.74, 6) is 1.48. The minimum absolute atomic E-state index is 0.616. The van der Waals surface area contributed by atoms with Gasteiger partial charge in [0, 0.05) is 19.6 Å². The fourth-order valence-corrected chi connectivity index (χ4v) is 4.26. The maximum absolute atomic E-state index is 6.22. The highest BCUT2D eigenvalue weighted by atomic mass is 35.5. The van der Waals surface area contributed by atoms with Crippen molar-refractivity contribution in [3.8, 4) is 0 Å². The van der Waals surface area contributed by atoms with Gasteiger partial charge in [-0.2, -0.15) is 0 Å². The number of hydrogen-bond donors (Lipinski definition) is 1. The minimum Gasteiger partial charge on any atom is -0.330 e. The molecule has 0 aliphatic heterocycles. The van der Waals surface area contributed by atoms with Crippen LogP contribution in [0.15, 0.2) is 48.5 Å². The van der Waals surface area contributed by atoms with E-state index in [1.165, 1.54) is 36.8 Å². The Morgan fingerprint density at radius 2 is 1.46 bits per heavy atom. The second kappa shape index (κ2) is 9.75. The number of hydrogen-bond acceptors (Lipinski definition) is 2. The van der Waals surface area contributed by atoms with Crippen LogP contribution in [0.3, 0.4) is 0 Å². The van der Waals surface area contributed by atoms with Crippen molar-refractivity contribution < 1.29 is 0 Å². The maximum Gasteiger partial charge on any atom is 0.0595 e. The fourth-order valence-electron chi connectivity index (χ4n) is 3.94. The van der Waals surface area contributed by atoms with E-state index in [1.54, 1.807) is 0 Å². The largest absolute Gasteiger partial charge is 0.330 e. The molecule has 140 valence electrons. The first-order valence-electron chi connectivity index (χ1n) is 9.54. The molecule has 3 rings (SSSR count). The van der Waals surface area contributed by atoms with Crippen LogP contribution in [-0.2, 0) is 13.1 Å². The van der Waals surface area contributed by atoms with E-state index in [0.717, 1.165) is 38.0 Å². The van der Waals surface area contributed by atoms with Gasteiger partial charge in [0.1, 0.15) is 0 Å². The molecule has 2 N–H and O–H groups in total. The Bertz CT molecular complexity index is 682. The fraction of sp³-hybridized carbons (Fsp3) is 0.455. The lowest BCUT2D eigenvalue weighted by atomic mass is 9.82. The van der Waals surface area contributed by atoms with E-state index in [0.29, 0.717) is 10.0 Å². The van der Waals surface area contributed by atoms with Gasteiger partial charge in [0.05, 0.1) is 10.0 Å². The summed E-state index contributed by atoms with van der Waals surface area (Å²) < 4.78 is 0. The van der Waals surface area contributed by atoms with Crippen LogP contribution in [0.4, 0.5) is 0 Å². The van der Waals surface area contributed by atoms with Crippen molar-refractivity contribution >= 4 is 23.2 Å². The van der Waals surface area contributed by atoms with Crippen LogP contribution < -0.4 is 5.73 Å². The number of benzene rings is 2. The van der Waals surface area contributed by atoms with Crippen molar-refractivity contribution in [2.45, 2.75) is 38.8 Å². The zero-order valence-corrected chi connectivity index (χ0v) is 16.7. The van der Waals surface area contributed by atoms with Crippen molar-refractivity contribution in [3.63, 3.8) is 0 Å². The Labute approximate surface area is 167 Å². The Hall–Kier alpha value is -1.06. The summed E-state index contributed by atoms with van der Waals surface area (Å²) in [6.45, 7) is 3.80. The highest BCUT2D eigenvalue weighted by Gasteiger charge is 2.22. The van der Waals surface area contributed by atoms with E-state index in [4.69, 9.17) is 28.9 Å². The zero-order chi connectivity index (χ0) is 18.4. The summed E-state index contributed by atoms with van der Waals surface area (Å²) in [4.78, 5) is 2.54. The van der Waals surface area contributed by atoms with Gasteiger partial charge in [-0.1, -0.05) is 59.6 Å².